The van der Waals surface area contributed by atoms with Crippen LogP contribution in [0.2, 0.25) is 0 Å². The van der Waals surface area contributed by atoms with Crippen molar-refractivity contribution >= 4 is 6.08 Å². The van der Waals surface area contributed by atoms with Gasteiger partial charge in [0, 0.05) is 0 Å². The van der Waals surface area contributed by atoms with Crippen LogP contribution in [0.4, 0.5) is 0 Å². The van der Waals surface area contributed by atoms with Crippen LogP contribution in [-0.2, 0) is 0 Å². The molecule has 0 aliphatic carbocycles. The maximum Gasteiger partial charge on any atom is -0.0152 e. The van der Waals surface area contributed by atoms with Crippen LogP contribution in [0.5, 0.6) is 0 Å². The predicted molar refractivity (Wildman–Crippen MR) is 76.1 cm³/mol. The Morgan fingerprint density at radius 1 is 0.882 bits per heavy atom. The van der Waals surface area contributed by atoms with Crippen molar-refractivity contribution in [3.63, 3.8) is 0 Å². The molecular weight excluding hydrogens is 204 g/mol. The quantitative estimate of drug-likeness (QED) is 0.670. The molecule has 0 radical (unpaired) electrons. The van der Waals surface area contributed by atoms with Gasteiger partial charge >= 0.3 is 0 Å². The molecule has 0 aromatic heterocycles. The molecule has 2 rings (SSSR count). The van der Waals surface area contributed by atoms with Crippen molar-refractivity contribution < 1.29 is 0 Å². The first-order chi connectivity index (χ1) is 8.22. The van der Waals surface area contributed by atoms with Gasteiger partial charge in [0.15, 0.2) is 0 Å². The standard InChI is InChI=1S/C17H18/c1-4-8-16-11-14(3)17(12-13(16)2)15-9-6-5-7-10-15/h4-12H,1-3H3. The topological polar surface area (TPSA) is 0 Å². The summed E-state index contributed by atoms with van der Waals surface area (Å²) in [6.45, 7) is 6.40. The molecule has 0 unspecified atom stereocenters. The molecule has 0 aliphatic rings. The van der Waals surface area contributed by atoms with E-state index in [2.05, 4.69) is 75.4 Å². The highest BCUT2D eigenvalue weighted by Crippen LogP contribution is 2.26. The minimum Gasteiger partial charge on any atom is -0.0871 e. The Bertz CT molecular complexity index is 533. The Morgan fingerprint density at radius 3 is 2.24 bits per heavy atom. The fraction of sp³-hybridized carbons (Fsp3) is 0.176. The smallest absolute Gasteiger partial charge is 0.0152 e. The second-order valence-corrected chi connectivity index (χ2v) is 4.39. The lowest BCUT2D eigenvalue weighted by Gasteiger charge is -2.10. The van der Waals surface area contributed by atoms with Crippen LogP contribution >= 0.6 is 0 Å². The SMILES string of the molecule is CC=Cc1cc(C)c(-c2ccccc2)cc1C. The highest BCUT2D eigenvalue weighted by molar-refractivity contribution is 5.71. The summed E-state index contributed by atoms with van der Waals surface area (Å²) in [7, 11) is 0. The van der Waals surface area contributed by atoms with Gasteiger partial charge in [-0.2, -0.15) is 0 Å². The average molecular weight is 222 g/mol. The van der Waals surface area contributed by atoms with Crippen molar-refractivity contribution in [3.05, 3.63) is 65.2 Å². The van der Waals surface area contributed by atoms with Crippen molar-refractivity contribution in [2.45, 2.75) is 20.8 Å². The van der Waals surface area contributed by atoms with Gasteiger partial charge in [-0.15, -0.1) is 0 Å². The first-order valence-corrected chi connectivity index (χ1v) is 6.01. The Kier molecular flexibility index (Phi) is 3.43. The molecule has 0 atom stereocenters. The van der Waals surface area contributed by atoms with Crippen LogP contribution in [-0.4, -0.2) is 0 Å². The molecule has 2 aromatic carbocycles. The van der Waals surface area contributed by atoms with Crippen LogP contribution in [0.25, 0.3) is 17.2 Å². The number of benzene rings is 2. The van der Waals surface area contributed by atoms with E-state index in [0.717, 1.165) is 0 Å². The third-order valence-electron chi connectivity index (χ3n) is 3.04. The van der Waals surface area contributed by atoms with Crippen LogP contribution < -0.4 is 0 Å². The molecule has 0 heteroatoms. The first kappa shape index (κ1) is 11.7. The summed E-state index contributed by atoms with van der Waals surface area (Å²) >= 11 is 0. The second kappa shape index (κ2) is 5.01. The average Bonchev–Trinajstić information content (AvgIpc) is 2.35. The highest BCUT2D eigenvalue weighted by Gasteiger charge is 2.04. The minimum atomic E-state index is 1.29. The summed E-state index contributed by atoms with van der Waals surface area (Å²) in [6.07, 6.45) is 4.25. The molecule has 0 saturated carbocycles. The Morgan fingerprint density at radius 2 is 1.59 bits per heavy atom. The van der Waals surface area contributed by atoms with E-state index in [1.165, 1.54) is 27.8 Å². The third-order valence-corrected chi connectivity index (χ3v) is 3.04. The fourth-order valence-electron chi connectivity index (χ4n) is 2.13. The van der Waals surface area contributed by atoms with E-state index in [9.17, 15) is 0 Å². The van der Waals surface area contributed by atoms with Crippen molar-refractivity contribution in [2.24, 2.45) is 0 Å². The molecule has 0 bridgehead atoms. The lowest BCUT2D eigenvalue weighted by Crippen LogP contribution is -1.88. The number of allylic oxidation sites excluding steroid dienone is 1. The molecule has 0 spiro atoms. The zero-order valence-corrected chi connectivity index (χ0v) is 10.7. The summed E-state index contributed by atoms with van der Waals surface area (Å²) < 4.78 is 0. The molecule has 2 aromatic rings. The van der Waals surface area contributed by atoms with Gasteiger partial charge in [-0.1, -0.05) is 54.6 Å². The summed E-state index contributed by atoms with van der Waals surface area (Å²) in [6, 6.07) is 15.1. The monoisotopic (exact) mass is 222 g/mol. The summed E-state index contributed by atoms with van der Waals surface area (Å²) in [5.74, 6) is 0. The third kappa shape index (κ3) is 2.47. The van der Waals surface area contributed by atoms with E-state index >= 15 is 0 Å². The van der Waals surface area contributed by atoms with E-state index < -0.39 is 0 Å². The lowest BCUT2D eigenvalue weighted by molar-refractivity contribution is 1.37. The molecule has 0 fully saturated rings. The van der Waals surface area contributed by atoms with E-state index in [1.807, 2.05) is 0 Å². The fourth-order valence-corrected chi connectivity index (χ4v) is 2.13. The molecule has 17 heavy (non-hydrogen) atoms. The van der Waals surface area contributed by atoms with E-state index in [-0.39, 0.29) is 0 Å². The van der Waals surface area contributed by atoms with Crippen LogP contribution in [0, 0.1) is 13.8 Å². The molecule has 0 saturated heterocycles. The van der Waals surface area contributed by atoms with E-state index in [1.54, 1.807) is 0 Å². The zero-order chi connectivity index (χ0) is 12.3. The number of hydrogen-bond donors (Lipinski definition) is 0. The first-order valence-electron chi connectivity index (χ1n) is 6.01. The Labute approximate surface area is 104 Å². The van der Waals surface area contributed by atoms with E-state index in [4.69, 9.17) is 0 Å². The van der Waals surface area contributed by atoms with Crippen LogP contribution in [0.1, 0.15) is 23.6 Å². The largest absolute Gasteiger partial charge is 0.0871 e. The van der Waals surface area contributed by atoms with Gasteiger partial charge in [-0.3, -0.25) is 0 Å². The van der Waals surface area contributed by atoms with Crippen LogP contribution in [0.15, 0.2) is 48.5 Å². The lowest BCUT2D eigenvalue weighted by atomic mass is 9.95. The Hall–Kier alpha value is -1.82. The van der Waals surface area contributed by atoms with Gasteiger partial charge in [0.1, 0.15) is 0 Å². The predicted octanol–water partition coefficient (Wildman–Crippen LogP) is 5.00. The van der Waals surface area contributed by atoms with Gasteiger partial charge in [0.25, 0.3) is 0 Å². The summed E-state index contributed by atoms with van der Waals surface area (Å²) in [5.41, 5.74) is 6.59. The molecular formula is C17H18. The summed E-state index contributed by atoms with van der Waals surface area (Å²) in [4.78, 5) is 0. The molecule has 0 N–H and O–H groups in total. The maximum atomic E-state index is 2.28. The maximum absolute atomic E-state index is 2.28. The van der Waals surface area contributed by atoms with Gasteiger partial charge in [0.2, 0.25) is 0 Å². The molecule has 0 aliphatic heterocycles. The highest BCUT2D eigenvalue weighted by atomic mass is 14.1. The normalized spacial score (nSPS) is 11.0. The second-order valence-electron chi connectivity index (χ2n) is 4.39. The van der Waals surface area contributed by atoms with Crippen molar-refractivity contribution in [1.29, 1.82) is 0 Å². The van der Waals surface area contributed by atoms with Crippen molar-refractivity contribution in [3.8, 4) is 11.1 Å². The molecule has 0 amide bonds. The number of aryl methyl sites for hydroxylation is 2. The molecule has 0 nitrogen and oxygen atoms in total. The molecule has 0 heterocycles. The van der Waals surface area contributed by atoms with Crippen molar-refractivity contribution in [1.82, 2.24) is 0 Å². The van der Waals surface area contributed by atoms with Gasteiger partial charge in [-0.05, 0) is 48.6 Å². The van der Waals surface area contributed by atoms with Crippen molar-refractivity contribution in [2.75, 3.05) is 0 Å². The number of hydrogen-bond acceptors (Lipinski definition) is 0. The van der Waals surface area contributed by atoms with Gasteiger partial charge in [0.05, 0.1) is 0 Å². The van der Waals surface area contributed by atoms with Crippen LogP contribution in [0.3, 0.4) is 0 Å². The zero-order valence-electron chi connectivity index (χ0n) is 10.7. The minimum absolute atomic E-state index is 1.29. The van der Waals surface area contributed by atoms with Gasteiger partial charge < -0.3 is 0 Å². The number of rotatable bonds is 2. The van der Waals surface area contributed by atoms with Gasteiger partial charge in [-0.25, -0.2) is 0 Å². The summed E-state index contributed by atoms with van der Waals surface area (Å²) in [5, 5.41) is 0. The molecule has 86 valence electrons. The Balaban J connectivity index is 2.54. The van der Waals surface area contributed by atoms with E-state index in [0.29, 0.717) is 0 Å².